The van der Waals surface area contributed by atoms with Gasteiger partial charge in [0.2, 0.25) is 5.91 Å². The van der Waals surface area contributed by atoms with E-state index in [0.717, 1.165) is 0 Å². The van der Waals surface area contributed by atoms with Crippen molar-refractivity contribution in [2.75, 3.05) is 13.2 Å². The predicted octanol–water partition coefficient (Wildman–Crippen LogP) is 1.66. The normalized spacial score (nSPS) is 9.88. The summed E-state index contributed by atoms with van der Waals surface area (Å²) < 4.78 is 17.8. The number of rotatable bonds is 6. The Labute approximate surface area is 93.3 Å². The maximum absolute atomic E-state index is 12.5. The zero-order valence-corrected chi connectivity index (χ0v) is 9.03. The van der Waals surface area contributed by atoms with Crippen LogP contribution in [-0.4, -0.2) is 19.1 Å². The molecule has 0 aliphatic heterocycles. The second kappa shape index (κ2) is 6.79. The van der Waals surface area contributed by atoms with Crippen molar-refractivity contribution in [3.05, 3.63) is 30.1 Å². The summed E-state index contributed by atoms with van der Waals surface area (Å²) in [7, 11) is 0. The Hall–Kier alpha value is -1.62. The molecule has 0 unspecified atom stereocenters. The lowest BCUT2D eigenvalue weighted by Gasteiger charge is -2.06. The summed E-state index contributed by atoms with van der Waals surface area (Å²) >= 11 is 0. The fraction of sp³-hybridized carbons (Fsp3) is 0.364. The fourth-order valence-corrected chi connectivity index (χ4v) is 0.996. The largest absolute Gasteiger partial charge is 0.493 e. The molecule has 0 bridgehead atoms. The summed E-state index contributed by atoms with van der Waals surface area (Å²) in [4.78, 5) is 15.8. The van der Waals surface area contributed by atoms with E-state index in [-0.39, 0.29) is 24.8 Å². The van der Waals surface area contributed by atoms with Crippen LogP contribution in [0.1, 0.15) is 13.3 Å². The van der Waals surface area contributed by atoms with E-state index in [4.69, 9.17) is 9.57 Å². The molecule has 0 radical (unpaired) electrons. The van der Waals surface area contributed by atoms with Gasteiger partial charge < -0.3 is 4.74 Å². The van der Waals surface area contributed by atoms with Crippen molar-refractivity contribution in [1.29, 1.82) is 0 Å². The minimum absolute atomic E-state index is 0.192. The van der Waals surface area contributed by atoms with Gasteiger partial charge in [0.1, 0.15) is 11.6 Å². The highest BCUT2D eigenvalue weighted by atomic mass is 19.1. The van der Waals surface area contributed by atoms with Crippen molar-refractivity contribution in [1.82, 2.24) is 5.48 Å². The van der Waals surface area contributed by atoms with Gasteiger partial charge in [-0.15, -0.1) is 0 Å². The molecule has 0 saturated carbocycles. The molecule has 0 aliphatic carbocycles. The van der Waals surface area contributed by atoms with Crippen LogP contribution in [0.3, 0.4) is 0 Å². The molecule has 0 aromatic heterocycles. The first-order valence-corrected chi connectivity index (χ1v) is 5.01. The maximum atomic E-state index is 12.5. The van der Waals surface area contributed by atoms with Gasteiger partial charge in [0.15, 0.2) is 0 Å². The van der Waals surface area contributed by atoms with E-state index in [1.54, 1.807) is 6.92 Å². The van der Waals surface area contributed by atoms with Crippen molar-refractivity contribution < 1.29 is 18.8 Å². The lowest BCUT2D eigenvalue weighted by molar-refractivity contribution is -0.133. The number of hydroxylamine groups is 1. The van der Waals surface area contributed by atoms with E-state index in [1.165, 1.54) is 24.3 Å². The van der Waals surface area contributed by atoms with Crippen LogP contribution in [-0.2, 0) is 9.63 Å². The SMILES string of the molecule is CCONC(=O)CCOc1ccc(F)cc1. The number of nitrogens with one attached hydrogen (secondary N) is 1. The molecule has 4 nitrogen and oxygen atoms in total. The van der Waals surface area contributed by atoms with Crippen molar-refractivity contribution in [2.24, 2.45) is 0 Å². The molecule has 0 aliphatic rings. The molecule has 1 N–H and O–H groups in total. The van der Waals surface area contributed by atoms with Crippen molar-refractivity contribution in [2.45, 2.75) is 13.3 Å². The first-order chi connectivity index (χ1) is 7.72. The number of ether oxygens (including phenoxy) is 1. The molecular weight excluding hydrogens is 213 g/mol. The number of halogens is 1. The molecule has 1 aromatic carbocycles. The Bertz CT molecular complexity index is 327. The highest BCUT2D eigenvalue weighted by Gasteiger charge is 2.01. The molecule has 1 rings (SSSR count). The summed E-state index contributed by atoms with van der Waals surface area (Å²) in [6.45, 7) is 2.42. The maximum Gasteiger partial charge on any atom is 0.246 e. The van der Waals surface area contributed by atoms with Gasteiger partial charge in [-0.2, -0.15) is 0 Å². The van der Waals surface area contributed by atoms with Gasteiger partial charge in [-0.25, -0.2) is 9.87 Å². The van der Waals surface area contributed by atoms with E-state index in [2.05, 4.69) is 5.48 Å². The number of benzene rings is 1. The van der Waals surface area contributed by atoms with Crippen LogP contribution in [0.5, 0.6) is 5.75 Å². The van der Waals surface area contributed by atoms with Crippen LogP contribution in [0.15, 0.2) is 24.3 Å². The second-order valence-electron chi connectivity index (χ2n) is 3.01. The van der Waals surface area contributed by atoms with Crippen LogP contribution in [0.2, 0.25) is 0 Å². The van der Waals surface area contributed by atoms with E-state index >= 15 is 0 Å². The van der Waals surface area contributed by atoms with Gasteiger partial charge in [-0.1, -0.05) is 0 Å². The van der Waals surface area contributed by atoms with Crippen LogP contribution < -0.4 is 10.2 Å². The van der Waals surface area contributed by atoms with Gasteiger partial charge in [0.25, 0.3) is 0 Å². The highest BCUT2D eigenvalue weighted by molar-refractivity contribution is 5.74. The van der Waals surface area contributed by atoms with Crippen molar-refractivity contribution in [3.8, 4) is 5.75 Å². The summed E-state index contributed by atoms with van der Waals surface area (Å²) in [6.07, 6.45) is 0.192. The number of amides is 1. The monoisotopic (exact) mass is 227 g/mol. The Balaban J connectivity index is 2.20. The van der Waals surface area contributed by atoms with Gasteiger partial charge >= 0.3 is 0 Å². The lowest BCUT2D eigenvalue weighted by Crippen LogP contribution is -2.25. The zero-order chi connectivity index (χ0) is 11.8. The molecular formula is C11H14FNO3. The quantitative estimate of drug-likeness (QED) is 0.752. The summed E-state index contributed by atoms with van der Waals surface area (Å²) in [5.74, 6) is -0.0315. The number of hydrogen-bond acceptors (Lipinski definition) is 3. The molecule has 0 heterocycles. The third kappa shape index (κ3) is 4.75. The summed E-state index contributed by atoms with van der Waals surface area (Å²) in [6, 6.07) is 5.62. The molecule has 88 valence electrons. The molecule has 16 heavy (non-hydrogen) atoms. The first kappa shape index (κ1) is 12.4. The summed E-state index contributed by atoms with van der Waals surface area (Å²) in [5, 5.41) is 0. The average molecular weight is 227 g/mol. The molecule has 1 amide bonds. The topological polar surface area (TPSA) is 47.6 Å². The van der Waals surface area contributed by atoms with Gasteiger partial charge in [0, 0.05) is 0 Å². The third-order valence-corrected chi connectivity index (χ3v) is 1.74. The molecule has 0 saturated heterocycles. The number of carbonyl (C=O) groups is 1. The van der Waals surface area contributed by atoms with Crippen LogP contribution in [0, 0.1) is 5.82 Å². The van der Waals surface area contributed by atoms with Gasteiger partial charge in [-0.05, 0) is 31.2 Å². The Morgan fingerprint density at radius 3 is 2.69 bits per heavy atom. The fourth-order valence-electron chi connectivity index (χ4n) is 0.996. The zero-order valence-electron chi connectivity index (χ0n) is 9.03. The van der Waals surface area contributed by atoms with Crippen LogP contribution >= 0.6 is 0 Å². The standard InChI is InChI=1S/C11H14FNO3/c1-2-16-13-11(14)7-8-15-10-5-3-9(12)4-6-10/h3-6H,2,7-8H2,1H3,(H,13,14). The van der Waals surface area contributed by atoms with E-state index in [1.807, 2.05) is 0 Å². The third-order valence-electron chi connectivity index (χ3n) is 1.74. The van der Waals surface area contributed by atoms with Gasteiger partial charge in [0.05, 0.1) is 19.6 Å². The molecule has 0 fully saturated rings. The summed E-state index contributed by atoms with van der Waals surface area (Å²) in [5.41, 5.74) is 2.25. The van der Waals surface area contributed by atoms with E-state index < -0.39 is 0 Å². The van der Waals surface area contributed by atoms with Crippen LogP contribution in [0.4, 0.5) is 4.39 Å². The molecule has 0 spiro atoms. The average Bonchev–Trinajstić information content (AvgIpc) is 2.29. The van der Waals surface area contributed by atoms with Gasteiger partial charge in [-0.3, -0.25) is 9.63 Å². The smallest absolute Gasteiger partial charge is 0.246 e. The Morgan fingerprint density at radius 2 is 2.06 bits per heavy atom. The predicted molar refractivity (Wildman–Crippen MR) is 56.3 cm³/mol. The highest BCUT2D eigenvalue weighted by Crippen LogP contribution is 2.10. The Morgan fingerprint density at radius 1 is 1.38 bits per heavy atom. The minimum Gasteiger partial charge on any atom is -0.493 e. The molecule has 5 heteroatoms. The first-order valence-electron chi connectivity index (χ1n) is 5.01. The van der Waals surface area contributed by atoms with Crippen molar-refractivity contribution in [3.63, 3.8) is 0 Å². The van der Waals surface area contributed by atoms with Crippen molar-refractivity contribution >= 4 is 5.91 Å². The Kier molecular flexibility index (Phi) is 5.28. The van der Waals surface area contributed by atoms with E-state index in [0.29, 0.717) is 12.4 Å². The lowest BCUT2D eigenvalue weighted by atomic mass is 10.3. The number of hydrogen-bond donors (Lipinski definition) is 1. The number of carbonyl (C=O) groups excluding carboxylic acids is 1. The molecule has 0 atom stereocenters. The second-order valence-corrected chi connectivity index (χ2v) is 3.01. The molecule has 1 aromatic rings. The van der Waals surface area contributed by atoms with E-state index in [9.17, 15) is 9.18 Å². The minimum atomic E-state index is -0.318. The van der Waals surface area contributed by atoms with Crippen LogP contribution in [0.25, 0.3) is 0 Å².